The van der Waals surface area contributed by atoms with Crippen molar-refractivity contribution in [3.63, 3.8) is 0 Å². The summed E-state index contributed by atoms with van der Waals surface area (Å²) >= 11 is 0. The summed E-state index contributed by atoms with van der Waals surface area (Å²) < 4.78 is 22.1. The van der Waals surface area contributed by atoms with E-state index in [1.165, 1.54) is 12.1 Å². The van der Waals surface area contributed by atoms with Crippen molar-refractivity contribution in [2.75, 3.05) is 0 Å². The van der Waals surface area contributed by atoms with Gasteiger partial charge in [-0.1, -0.05) is 30.3 Å². The summed E-state index contributed by atoms with van der Waals surface area (Å²) in [6.45, 7) is 2.10. The number of aryl methyl sites for hydroxylation is 1. The molecule has 0 spiro atoms. The van der Waals surface area contributed by atoms with Crippen LogP contribution in [0.2, 0.25) is 0 Å². The average Bonchev–Trinajstić information content (AvgIpc) is 2.82. The highest BCUT2D eigenvalue weighted by molar-refractivity contribution is 5.89. The molecule has 0 aliphatic rings. The topological polar surface area (TPSA) is 99.1 Å². The molecule has 164 valence electrons. The van der Waals surface area contributed by atoms with E-state index in [2.05, 4.69) is 0 Å². The Hall–Kier alpha value is -4.52. The largest absolute Gasteiger partial charge is 0.504 e. The molecular formula is C26H18O7. The molecule has 2 heterocycles. The minimum atomic E-state index is -0.849. The van der Waals surface area contributed by atoms with E-state index >= 15 is 0 Å². The Morgan fingerprint density at radius 1 is 0.909 bits per heavy atom. The molecule has 0 fully saturated rings. The molecule has 7 heteroatoms. The van der Waals surface area contributed by atoms with E-state index in [1.807, 2.05) is 30.3 Å². The van der Waals surface area contributed by atoms with Crippen LogP contribution < -0.4 is 20.7 Å². The molecule has 7 nitrogen and oxygen atoms in total. The van der Waals surface area contributed by atoms with Crippen LogP contribution >= 0.6 is 0 Å². The molecule has 0 amide bonds. The van der Waals surface area contributed by atoms with Crippen LogP contribution in [0.3, 0.4) is 0 Å². The third kappa shape index (κ3) is 3.92. The van der Waals surface area contributed by atoms with Crippen molar-refractivity contribution in [3.05, 3.63) is 105 Å². The Morgan fingerprint density at radius 2 is 1.70 bits per heavy atom. The van der Waals surface area contributed by atoms with Gasteiger partial charge in [-0.25, -0.2) is 9.59 Å². The summed E-state index contributed by atoms with van der Waals surface area (Å²) in [5, 5.41) is 11.8. The van der Waals surface area contributed by atoms with Gasteiger partial charge in [-0.05, 0) is 42.8 Å². The van der Waals surface area contributed by atoms with Crippen LogP contribution in [0, 0.1) is 6.92 Å². The summed E-state index contributed by atoms with van der Waals surface area (Å²) in [7, 11) is 0. The van der Waals surface area contributed by atoms with E-state index in [4.69, 9.17) is 18.3 Å². The van der Waals surface area contributed by atoms with Crippen LogP contribution in [0.1, 0.15) is 11.1 Å². The summed E-state index contributed by atoms with van der Waals surface area (Å²) in [5.41, 5.74) is 0.721. The highest BCUT2D eigenvalue weighted by atomic mass is 16.5. The van der Waals surface area contributed by atoms with Gasteiger partial charge in [0.05, 0.1) is 5.39 Å². The predicted molar refractivity (Wildman–Crippen MR) is 122 cm³/mol. The number of benzene rings is 3. The van der Waals surface area contributed by atoms with Crippen molar-refractivity contribution < 1.29 is 23.4 Å². The van der Waals surface area contributed by atoms with Gasteiger partial charge in [0.2, 0.25) is 0 Å². The molecule has 0 aliphatic heterocycles. The number of hydrogen-bond donors (Lipinski definition) is 1. The zero-order valence-electron chi connectivity index (χ0n) is 17.5. The van der Waals surface area contributed by atoms with Gasteiger partial charge in [0.1, 0.15) is 29.3 Å². The van der Waals surface area contributed by atoms with Gasteiger partial charge >= 0.3 is 11.3 Å². The Labute approximate surface area is 187 Å². The average molecular weight is 442 g/mol. The third-order valence-electron chi connectivity index (χ3n) is 5.26. The third-order valence-corrected chi connectivity index (χ3v) is 5.26. The molecule has 2 aromatic heterocycles. The minimum Gasteiger partial charge on any atom is -0.504 e. The second-order valence-electron chi connectivity index (χ2n) is 7.46. The second-order valence-corrected chi connectivity index (χ2v) is 7.46. The van der Waals surface area contributed by atoms with E-state index < -0.39 is 11.3 Å². The van der Waals surface area contributed by atoms with Crippen molar-refractivity contribution in [2.24, 2.45) is 0 Å². The molecule has 0 saturated carbocycles. The number of aromatic hydroxyl groups is 1. The van der Waals surface area contributed by atoms with Gasteiger partial charge in [0, 0.05) is 23.1 Å². The lowest BCUT2D eigenvalue weighted by Gasteiger charge is -2.13. The van der Waals surface area contributed by atoms with Crippen LogP contribution in [0.15, 0.2) is 91.2 Å². The highest BCUT2D eigenvalue weighted by Gasteiger charge is 2.19. The molecule has 33 heavy (non-hydrogen) atoms. The number of hydrogen-bond acceptors (Lipinski definition) is 7. The lowest BCUT2D eigenvalue weighted by Crippen LogP contribution is -2.05. The molecular weight excluding hydrogens is 424 g/mol. The van der Waals surface area contributed by atoms with E-state index in [-0.39, 0.29) is 22.8 Å². The minimum absolute atomic E-state index is 0.207. The predicted octanol–water partition coefficient (Wildman–Crippen LogP) is 5.28. The van der Waals surface area contributed by atoms with Crippen molar-refractivity contribution in [1.82, 2.24) is 0 Å². The quantitative estimate of drug-likeness (QED) is 0.370. The lowest BCUT2D eigenvalue weighted by atomic mass is 10.1. The van der Waals surface area contributed by atoms with Gasteiger partial charge in [-0.15, -0.1) is 0 Å². The van der Waals surface area contributed by atoms with E-state index in [1.54, 1.807) is 37.3 Å². The van der Waals surface area contributed by atoms with Crippen LogP contribution in [0.25, 0.3) is 21.9 Å². The normalized spacial score (nSPS) is 11.1. The SMILES string of the molecule is Cc1c(OCc2ccccc2)ccc2c(O)c(Oc3ccc4ccc(=O)oc4c3)c(=O)oc12. The number of fused-ring (bicyclic) bond motifs is 2. The van der Waals surface area contributed by atoms with E-state index in [9.17, 15) is 14.7 Å². The summed E-state index contributed by atoms with van der Waals surface area (Å²) in [6, 6.07) is 20.6. The zero-order chi connectivity index (χ0) is 22.9. The molecule has 3 aromatic carbocycles. The van der Waals surface area contributed by atoms with E-state index in [0.29, 0.717) is 34.3 Å². The first-order valence-electron chi connectivity index (χ1n) is 10.2. The zero-order valence-corrected chi connectivity index (χ0v) is 17.5. The molecule has 5 rings (SSSR count). The smallest absolute Gasteiger partial charge is 0.383 e. The Morgan fingerprint density at radius 3 is 2.52 bits per heavy atom. The Kier molecular flexibility index (Phi) is 5.06. The van der Waals surface area contributed by atoms with Crippen LogP contribution in [-0.2, 0) is 6.61 Å². The second kappa shape index (κ2) is 8.20. The van der Waals surface area contributed by atoms with E-state index in [0.717, 1.165) is 5.56 Å². The maximum atomic E-state index is 12.7. The molecule has 0 aliphatic carbocycles. The van der Waals surface area contributed by atoms with Gasteiger partial charge in [0.25, 0.3) is 5.75 Å². The molecule has 0 saturated heterocycles. The molecule has 0 radical (unpaired) electrons. The standard InChI is InChI=1S/C26H18O7/c1-15-20(30-14-16-5-3-2-4-6-16)11-10-19-23(28)25(26(29)33-24(15)19)31-18-9-7-17-8-12-22(27)32-21(17)13-18/h2-13,28H,14H2,1H3. The van der Waals surface area contributed by atoms with Crippen molar-refractivity contribution in [3.8, 4) is 23.0 Å². The maximum absolute atomic E-state index is 12.7. The van der Waals surface area contributed by atoms with Crippen molar-refractivity contribution in [1.29, 1.82) is 0 Å². The van der Waals surface area contributed by atoms with Crippen LogP contribution in [0.4, 0.5) is 0 Å². The first kappa shape index (κ1) is 20.4. The lowest BCUT2D eigenvalue weighted by molar-refractivity contribution is 0.303. The Balaban J connectivity index is 1.49. The monoisotopic (exact) mass is 442 g/mol. The molecule has 1 N–H and O–H groups in total. The summed E-state index contributed by atoms with van der Waals surface area (Å²) in [5.74, 6) is 0.0246. The van der Waals surface area contributed by atoms with Crippen LogP contribution in [0.5, 0.6) is 23.0 Å². The fourth-order valence-electron chi connectivity index (χ4n) is 3.55. The first-order valence-corrected chi connectivity index (χ1v) is 10.2. The van der Waals surface area contributed by atoms with Gasteiger partial charge in [-0.3, -0.25) is 0 Å². The molecule has 0 bridgehead atoms. The van der Waals surface area contributed by atoms with Gasteiger partial charge in [0.15, 0.2) is 5.75 Å². The number of rotatable bonds is 5. The molecule has 0 unspecified atom stereocenters. The summed E-state index contributed by atoms with van der Waals surface area (Å²) in [6.07, 6.45) is 0. The van der Waals surface area contributed by atoms with Crippen molar-refractivity contribution >= 4 is 21.9 Å². The van der Waals surface area contributed by atoms with Gasteiger partial charge in [-0.2, -0.15) is 0 Å². The maximum Gasteiger partial charge on any atom is 0.383 e. The fraction of sp³-hybridized carbons (Fsp3) is 0.0769. The highest BCUT2D eigenvalue weighted by Crippen LogP contribution is 2.38. The fourth-order valence-corrected chi connectivity index (χ4v) is 3.55. The number of ether oxygens (including phenoxy) is 2. The van der Waals surface area contributed by atoms with Gasteiger partial charge < -0.3 is 23.4 Å². The van der Waals surface area contributed by atoms with Crippen molar-refractivity contribution in [2.45, 2.75) is 13.5 Å². The molecule has 5 aromatic rings. The first-order chi connectivity index (χ1) is 16.0. The Bertz CT molecular complexity index is 1600. The molecule has 0 atom stereocenters. The van der Waals surface area contributed by atoms with Crippen LogP contribution in [-0.4, -0.2) is 5.11 Å². The summed E-state index contributed by atoms with van der Waals surface area (Å²) in [4.78, 5) is 24.1.